The van der Waals surface area contributed by atoms with E-state index in [-0.39, 0.29) is 6.03 Å². The van der Waals surface area contributed by atoms with E-state index in [1.165, 1.54) is 0 Å². The molecule has 2 N–H and O–H groups in total. The first-order chi connectivity index (χ1) is 12.1. The largest absolute Gasteiger partial charge is 0.496 e. The van der Waals surface area contributed by atoms with Gasteiger partial charge in [0, 0.05) is 23.3 Å². The number of carbonyl (C=O) groups excluding carboxylic acids is 1. The molecule has 134 valence electrons. The van der Waals surface area contributed by atoms with E-state index >= 15 is 0 Å². The SMILES string of the molecule is COc1cc(OC)c(OC)cc1CCNC(=O)Nc1cccc(Cl)c1. The summed E-state index contributed by atoms with van der Waals surface area (Å²) >= 11 is 5.89. The van der Waals surface area contributed by atoms with E-state index in [9.17, 15) is 4.79 Å². The molecule has 0 radical (unpaired) electrons. The molecule has 0 bridgehead atoms. The molecule has 2 rings (SSSR count). The Morgan fingerprint density at radius 3 is 2.32 bits per heavy atom. The minimum atomic E-state index is -0.304. The molecular formula is C18H21ClN2O4. The molecule has 0 heterocycles. The highest BCUT2D eigenvalue weighted by molar-refractivity contribution is 6.30. The van der Waals surface area contributed by atoms with Crippen molar-refractivity contribution in [3.63, 3.8) is 0 Å². The number of ether oxygens (including phenoxy) is 3. The number of urea groups is 1. The van der Waals surface area contributed by atoms with Gasteiger partial charge >= 0.3 is 6.03 Å². The van der Waals surface area contributed by atoms with E-state index in [1.54, 1.807) is 51.7 Å². The van der Waals surface area contributed by atoms with E-state index in [2.05, 4.69) is 10.6 Å². The van der Waals surface area contributed by atoms with Crippen LogP contribution in [-0.4, -0.2) is 33.9 Å². The Hall–Kier alpha value is -2.60. The first kappa shape index (κ1) is 18.7. The molecule has 0 fully saturated rings. The minimum Gasteiger partial charge on any atom is -0.496 e. The maximum atomic E-state index is 12.0. The van der Waals surface area contributed by atoms with Crippen molar-refractivity contribution in [3.8, 4) is 17.2 Å². The maximum absolute atomic E-state index is 12.0. The van der Waals surface area contributed by atoms with Crippen molar-refractivity contribution in [2.24, 2.45) is 0 Å². The topological polar surface area (TPSA) is 68.8 Å². The van der Waals surface area contributed by atoms with Gasteiger partial charge in [0.15, 0.2) is 11.5 Å². The number of benzene rings is 2. The molecule has 0 atom stereocenters. The number of rotatable bonds is 7. The Morgan fingerprint density at radius 1 is 1.00 bits per heavy atom. The fourth-order valence-electron chi connectivity index (χ4n) is 2.34. The monoisotopic (exact) mass is 364 g/mol. The van der Waals surface area contributed by atoms with Gasteiger partial charge in [-0.25, -0.2) is 4.79 Å². The summed E-state index contributed by atoms with van der Waals surface area (Å²) in [6.07, 6.45) is 0.576. The van der Waals surface area contributed by atoms with E-state index in [0.717, 1.165) is 5.56 Å². The zero-order chi connectivity index (χ0) is 18.2. The van der Waals surface area contributed by atoms with Crippen molar-refractivity contribution in [3.05, 3.63) is 47.0 Å². The molecular weight excluding hydrogens is 344 g/mol. The third-order valence-corrected chi connectivity index (χ3v) is 3.78. The normalized spacial score (nSPS) is 10.1. The highest BCUT2D eigenvalue weighted by atomic mass is 35.5. The first-order valence-electron chi connectivity index (χ1n) is 7.66. The van der Waals surface area contributed by atoms with Crippen LogP contribution >= 0.6 is 11.6 Å². The standard InChI is InChI=1S/C18H21ClN2O4/c1-23-15-11-17(25-3)16(24-2)9-12(15)7-8-20-18(22)21-14-6-4-5-13(19)10-14/h4-6,9-11H,7-8H2,1-3H3,(H2,20,21,22). The van der Waals surface area contributed by atoms with Gasteiger partial charge in [-0.15, -0.1) is 0 Å². The molecule has 2 amide bonds. The second-order valence-corrected chi connectivity index (χ2v) is 5.60. The molecule has 6 nitrogen and oxygen atoms in total. The van der Waals surface area contributed by atoms with Gasteiger partial charge in [0.2, 0.25) is 0 Å². The van der Waals surface area contributed by atoms with Gasteiger partial charge in [-0.3, -0.25) is 0 Å². The summed E-state index contributed by atoms with van der Waals surface area (Å²) in [5.41, 5.74) is 1.54. The lowest BCUT2D eigenvalue weighted by Crippen LogP contribution is -2.30. The number of methoxy groups -OCH3 is 3. The fraction of sp³-hybridized carbons (Fsp3) is 0.278. The second kappa shape index (κ2) is 9.03. The van der Waals surface area contributed by atoms with Crippen LogP contribution in [-0.2, 0) is 6.42 Å². The highest BCUT2D eigenvalue weighted by Crippen LogP contribution is 2.34. The molecule has 0 unspecified atom stereocenters. The van der Waals surface area contributed by atoms with Gasteiger partial charge in [0.1, 0.15) is 5.75 Å². The van der Waals surface area contributed by atoms with Crippen LogP contribution in [0.5, 0.6) is 17.2 Å². The third-order valence-electron chi connectivity index (χ3n) is 3.55. The molecule has 0 saturated heterocycles. The van der Waals surface area contributed by atoms with E-state index in [0.29, 0.717) is 40.9 Å². The Balaban J connectivity index is 1.95. The molecule has 0 aliphatic carbocycles. The predicted molar refractivity (Wildman–Crippen MR) is 98.3 cm³/mol. The van der Waals surface area contributed by atoms with Gasteiger partial charge < -0.3 is 24.8 Å². The molecule has 0 saturated carbocycles. The zero-order valence-electron chi connectivity index (χ0n) is 14.4. The van der Waals surface area contributed by atoms with Crippen molar-refractivity contribution in [2.45, 2.75) is 6.42 Å². The molecule has 0 aliphatic heterocycles. The summed E-state index contributed by atoms with van der Waals surface area (Å²) in [5.74, 6) is 1.88. The molecule has 25 heavy (non-hydrogen) atoms. The number of carbonyl (C=O) groups is 1. The van der Waals surface area contributed by atoms with Gasteiger partial charge in [0.05, 0.1) is 21.3 Å². The van der Waals surface area contributed by atoms with Gasteiger partial charge in [-0.05, 0) is 36.2 Å². The lowest BCUT2D eigenvalue weighted by Gasteiger charge is -2.14. The average molecular weight is 365 g/mol. The van der Waals surface area contributed by atoms with Crippen LogP contribution in [0.25, 0.3) is 0 Å². The maximum Gasteiger partial charge on any atom is 0.319 e. The van der Waals surface area contributed by atoms with E-state index in [4.69, 9.17) is 25.8 Å². The van der Waals surface area contributed by atoms with Gasteiger partial charge in [-0.2, -0.15) is 0 Å². The summed E-state index contributed by atoms with van der Waals surface area (Å²) in [6, 6.07) is 10.3. The second-order valence-electron chi connectivity index (χ2n) is 5.16. The Morgan fingerprint density at radius 2 is 1.68 bits per heavy atom. The van der Waals surface area contributed by atoms with Gasteiger partial charge in [0.25, 0.3) is 0 Å². The Kier molecular flexibility index (Phi) is 6.77. The summed E-state index contributed by atoms with van der Waals surface area (Å²) in [7, 11) is 4.73. The molecule has 0 spiro atoms. The van der Waals surface area contributed by atoms with Crippen molar-refractivity contribution in [1.29, 1.82) is 0 Å². The van der Waals surface area contributed by atoms with Crippen molar-refractivity contribution in [2.75, 3.05) is 33.2 Å². The highest BCUT2D eigenvalue weighted by Gasteiger charge is 2.12. The average Bonchev–Trinajstić information content (AvgIpc) is 2.61. The first-order valence-corrected chi connectivity index (χ1v) is 8.04. The van der Waals surface area contributed by atoms with Crippen LogP contribution in [0.4, 0.5) is 10.5 Å². The number of nitrogens with one attached hydrogen (secondary N) is 2. The Labute approximate surface area is 152 Å². The lowest BCUT2D eigenvalue weighted by atomic mass is 10.1. The summed E-state index contributed by atoms with van der Waals surface area (Å²) in [6.45, 7) is 0.429. The van der Waals surface area contributed by atoms with Crippen molar-refractivity contribution >= 4 is 23.3 Å². The smallest absolute Gasteiger partial charge is 0.319 e. The molecule has 0 aromatic heterocycles. The summed E-state index contributed by atoms with van der Waals surface area (Å²) in [4.78, 5) is 12.0. The third kappa shape index (κ3) is 5.19. The van der Waals surface area contributed by atoms with Crippen LogP contribution in [0, 0.1) is 0 Å². The number of anilines is 1. The Bertz CT molecular complexity index is 737. The van der Waals surface area contributed by atoms with E-state index in [1.807, 2.05) is 6.07 Å². The van der Waals surface area contributed by atoms with Crippen LogP contribution in [0.2, 0.25) is 5.02 Å². The number of amides is 2. The summed E-state index contributed by atoms with van der Waals surface area (Å²) in [5, 5.41) is 6.09. The quantitative estimate of drug-likeness (QED) is 0.785. The predicted octanol–water partition coefficient (Wildman–Crippen LogP) is 3.73. The number of hydrogen-bond acceptors (Lipinski definition) is 4. The molecule has 2 aromatic rings. The van der Waals surface area contributed by atoms with Crippen molar-refractivity contribution < 1.29 is 19.0 Å². The van der Waals surface area contributed by atoms with Crippen LogP contribution in [0.3, 0.4) is 0 Å². The number of halogens is 1. The number of hydrogen-bond donors (Lipinski definition) is 2. The fourth-order valence-corrected chi connectivity index (χ4v) is 2.53. The molecule has 2 aromatic carbocycles. The van der Waals surface area contributed by atoms with Gasteiger partial charge in [-0.1, -0.05) is 17.7 Å². The van der Waals surface area contributed by atoms with Crippen LogP contribution in [0.1, 0.15) is 5.56 Å². The minimum absolute atomic E-state index is 0.304. The van der Waals surface area contributed by atoms with Crippen LogP contribution < -0.4 is 24.8 Å². The van der Waals surface area contributed by atoms with Crippen molar-refractivity contribution in [1.82, 2.24) is 5.32 Å². The molecule has 7 heteroatoms. The zero-order valence-corrected chi connectivity index (χ0v) is 15.1. The molecule has 0 aliphatic rings. The summed E-state index contributed by atoms with van der Waals surface area (Å²) < 4.78 is 15.9. The van der Waals surface area contributed by atoms with Crippen LogP contribution in [0.15, 0.2) is 36.4 Å². The lowest BCUT2D eigenvalue weighted by molar-refractivity contribution is 0.252. The van der Waals surface area contributed by atoms with E-state index < -0.39 is 0 Å².